The Bertz CT molecular complexity index is 1600. The molecule has 3 aromatic carbocycles. The van der Waals surface area contributed by atoms with Gasteiger partial charge in [-0.3, -0.25) is 10.1 Å². The van der Waals surface area contributed by atoms with Gasteiger partial charge in [0.25, 0.3) is 0 Å². The molecule has 0 radical (unpaired) electrons. The van der Waals surface area contributed by atoms with E-state index in [0.29, 0.717) is 26.2 Å². The molecule has 5 rings (SSSR count). The fourth-order valence-electron chi connectivity index (χ4n) is 4.81. The third-order valence-electron chi connectivity index (χ3n) is 7.27. The summed E-state index contributed by atoms with van der Waals surface area (Å²) in [5.41, 5.74) is 4.06. The highest BCUT2D eigenvalue weighted by atomic mass is 35.5. The van der Waals surface area contributed by atoms with Gasteiger partial charge in [0.2, 0.25) is 0 Å². The van der Waals surface area contributed by atoms with E-state index in [-0.39, 0.29) is 11.2 Å². The van der Waals surface area contributed by atoms with E-state index < -0.39 is 23.8 Å². The van der Waals surface area contributed by atoms with Crippen molar-refractivity contribution < 1.29 is 27.8 Å². The molecule has 5 nitrogen and oxygen atoms in total. The van der Waals surface area contributed by atoms with Crippen LogP contribution in [0, 0.1) is 11.6 Å². The second kappa shape index (κ2) is 11.0. The predicted molar refractivity (Wildman–Crippen MR) is 153 cm³/mol. The molecule has 0 bridgehead atoms. The number of thiophene rings is 1. The van der Waals surface area contributed by atoms with E-state index in [9.17, 15) is 18.4 Å². The highest BCUT2D eigenvalue weighted by Crippen LogP contribution is 2.49. The van der Waals surface area contributed by atoms with Crippen molar-refractivity contribution in [1.29, 1.82) is 0 Å². The van der Waals surface area contributed by atoms with Crippen molar-refractivity contribution in [2.24, 2.45) is 0 Å². The molecule has 206 valence electrons. The number of carbonyl (C=O) groups is 2. The third-order valence-corrected chi connectivity index (χ3v) is 8.58. The molecule has 0 spiro atoms. The number of anilines is 1. The van der Waals surface area contributed by atoms with E-state index >= 15 is 0 Å². The largest absolute Gasteiger partial charge is 0.496 e. The summed E-state index contributed by atoms with van der Waals surface area (Å²) >= 11 is 7.59. The number of ether oxygens (including phenoxy) is 2. The molecule has 1 heterocycles. The summed E-state index contributed by atoms with van der Waals surface area (Å²) in [4.78, 5) is 25.5. The van der Waals surface area contributed by atoms with Crippen molar-refractivity contribution in [3.05, 3.63) is 93.8 Å². The van der Waals surface area contributed by atoms with Crippen LogP contribution in [0.15, 0.2) is 66.7 Å². The number of rotatable bonds is 8. The van der Waals surface area contributed by atoms with E-state index in [0.717, 1.165) is 47.2 Å². The molecule has 0 saturated heterocycles. The summed E-state index contributed by atoms with van der Waals surface area (Å²) in [7, 11) is 1.59. The molecule has 40 heavy (non-hydrogen) atoms. The first-order chi connectivity index (χ1) is 19.1. The Kier molecular flexibility index (Phi) is 7.66. The smallest absolute Gasteiger partial charge is 0.412 e. The van der Waals surface area contributed by atoms with Gasteiger partial charge in [0.1, 0.15) is 17.6 Å². The SMILES string of the molecule is COc1cc(-c2sc(Cl)cc2NC(=O)O[C@H](C)c2ccc(F)c(F)c2)ccc1-c1ccc(C2(C(C)=O)CC2)cc1. The first-order valence-electron chi connectivity index (χ1n) is 12.6. The van der Waals surface area contributed by atoms with Gasteiger partial charge in [-0.15, -0.1) is 11.3 Å². The molecule has 1 amide bonds. The lowest BCUT2D eigenvalue weighted by Crippen LogP contribution is -2.16. The van der Waals surface area contributed by atoms with E-state index in [4.69, 9.17) is 21.1 Å². The van der Waals surface area contributed by atoms with Crippen LogP contribution in [-0.4, -0.2) is 19.0 Å². The van der Waals surface area contributed by atoms with Gasteiger partial charge in [-0.25, -0.2) is 13.6 Å². The highest BCUT2D eigenvalue weighted by Gasteiger charge is 2.48. The first-order valence-corrected chi connectivity index (χ1v) is 13.8. The molecular formula is C31H26ClF2NO4S. The van der Waals surface area contributed by atoms with Crippen LogP contribution in [0.3, 0.4) is 0 Å². The Hall–Kier alpha value is -3.75. The molecule has 4 aromatic rings. The normalized spacial score (nSPS) is 14.3. The van der Waals surface area contributed by atoms with Crippen LogP contribution in [0.4, 0.5) is 19.3 Å². The number of Topliss-reactive ketones (excluding diaryl/α,β-unsaturated/α-hetero) is 1. The van der Waals surface area contributed by atoms with Crippen molar-refractivity contribution in [2.75, 3.05) is 12.4 Å². The Morgan fingerprint density at radius 1 is 0.975 bits per heavy atom. The van der Waals surface area contributed by atoms with Gasteiger partial charge in [-0.1, -0.05) is 54.1 Å². The van der Waals surface area contributed by atoms with Gasteiger partial charge in [-0.05, 0) is 73.2 Å². The lowest BCUT2D eigenvalue weighted by molar-refractivity contribution is -0.119. The Balaban J connectivity index is 1.35. The van der Waals surface area contributed by atoms with E-state index in [1.54, 1.807) is 27.0 Å². The molecule has 1 fully saturated rings. The summed E-state index contributed by atoms with van der Waals surface area (Å²) in [6.07, 6.45) is 0.187. The molecule has 0 unspecified atom stereocenters. The fourth-order valence-corrected chi connectivity index (χ4v) is 5.99. The van der Waals surface area contributed by atoms with Crippen molar-refractivity contribution in [1.82, 2.24) is 0 Å². The van der Waals surface area contributed by atoms with Crippen molar-refractivity contribution in [2.45, 2.75) is 38.2 Å². The number of methoxy groups -OCH3 is 1. The Labute approximate surface area is 239 Å². The van der Waals surface area contributed by atoms with Crippen LogP contribution in [0.25, 0.3) is 21.6 Å². The molecular weight excluding hydrogens is 556 g/mol. The average Bonchev–Trinajstić information content (AvgIpc) is 3.67. The predicted octanol–water partition coefficient (Wildman–Crippen LogP) is 8.95. The maximum Gasteiger partial charge on any atom is 0.412 e. The molecule has 9 heteroatoms. The number of benzene rings is 3. The molecule has 1 N–H and O–H groups in total. The number of carbonyl (C=O) groups excluding carboxylic acids is 2. The van der Waals surface area contributed by atoms with Crippen molar-refractivity contribution in [3.8, 4) is 27.3 Å². The van der Waals surface area contributed by atoms with Gasteiger partial charge < -0.3 is 9.47 Å². The Morgan fingerprint density at radius 3 is 2.30 bits per heavy atom. The maximum atomic E-state index is 13.6. The van der Waals surface area contributed by atoms with Crippen molar-refractivity contribution in [3.63, 3.8) is 0 Å². The summed E-state index contributed by atoms with van der Waals surface area (Å²) in [6.45, 7) is 3.21. The Morgan fingerprint density at radius 2 is 1.68 bits per heavy atom. The summed E-state index contributed by atoms with van der Waals surface area (Å²) in [5, 5.41) is 2.70. The highest BCUT2D eigenvalue weighted by molar-refractivity contribution is 7.20. The van der Waals surface area contributed by atoms with Crippen LogP contribution in [0.5, 0.6) is 5.75 Å². The zero-order chi connectivity index (χ0) is 28.6. The number of hydrogen-bond acceptors (Lipinski definition) is 5. The molecule has 1 saturated carbocycles. The minimum absolute atomic E-state index is 0.198. The fraction of sp³-hybridized carbons (Fsp3) is 0.226. The first kappa shape index (κ1) is 27.8. The van der Waals surface area contributed by atoms with E-state index in [2.05, 4.69) is 5.32 Å². The second-order valence-electron chi connectivity index (χ2n) is 9.77. The van der Waals surface area contributed by atoms with Crippen LogP contribution in [0.1, 0.15) is 43.9 Å². The van der Waals surface area contributed by atoms with Gasteiger partial charge in [0, 0.05) is 5.56 Å². The van der Waals surface area contributed by atoms with E-state index in [1.165, 1.54) is 17.4 Å². The van der Waals surface area contributed by atoms with Crippen LogP contribution in [0.2, 0.25) is 4.34 Å². The number of hydrogen-bond donors (Lipinski definition) is 1. The third kappa shape index (κ3) is 5.46. The topological polar surface area (TPSA) is 64.6 Å². The zero-order valence-electron chi connectivity index (χ0n) is 22.0. The van der Waals surface area contributed by atoms with E-state index in [1.807, 2.05) is 42.5 Å². The maximum absolute atomic E-state index is 13.6. The average molecular weight is 582 g/mol. The van der Waals surface area contributed by atoms with Gasteiger partial charge in [0.05, 0.1) is 27.4 Å². The van der Waals surface area contributed by atoms with Gasteiger partial charge in [0.15, 0.2) is 11.6 Å². The molecule has 0 aliphatic heterocycles. The molecule has 1 atom stereocenters. The molecule has 1 aliphatic rings. The van der Waals surface area contributed by atoms with Gasteiger partial charge in [-0.2, -0.15) is 0 Å². The molecule has 1 aliphatic carbocycles. The van der Waals surface area contributed by atoms with Crippen LogP contribution in [-0.2, 0) is 14.9 Å². The quantitative estimate of drug-likeness (QED) is 0.225. The summed E-state index contributed by atoms with van der Waals surface area (Å²) < 4.78 is 38.4. The number of amides is 1. The lowest BCUT2D eigenvalue weighted by atomic mass is 9.90. The number of halogens is 3. The lowest BCUT2D eigenvalue weighted by Gasteiger charge is -2.16. The minimum Gasteiger partial charge on any atom is -0.496 e. The molecule has 1 aromatic heterocycles. The van der Waals surface area contributed by atoms with Crippen molar-refractivity contribution >= 4 is 40.5 Å². The van der Waals surface area contributed by atoms with Crippen LogP contribution >= 0.6 is 22.9 Å². The number of ketones is 1. The van der Waals surface area contributed by atoms with Gasteiger partial charge >= 0.3 is 6.09 Å². The number of nitrogens with one attached hydrogen (secondary N) is 1. The van der Waals surface area contributed by atoms with Crippen LogP contribution < -0.4 is 10.1 Å². The summed E-state index contributed by atoms with van der Waals surface area (Å²) in [6, 6.07) is 18.7. The zero-order valence-corrected chi connectivity index (χ0v) is 23.6. The second-order valence-corrected chi connectivity index (χ2v) is 11.5. The minimum atomic E-state index is -1.02. The summed E-state index contributed by atoms with van der Waals surface area (Å²) in [5.74, 6) is -1.17. The standard InChI is InChI=1S/C31H26ClF2NO4S/c1-17(20-7-11-24(33)25(34)14-20)39-30(37)35-26-16-28(32)40-29(26)21-6-10-23(27(15-21)38-3)19-4-8-22(9-5-19)31(12-13-31)18(2)36/h4-11,14-17H,12-13H2,1-3H3,(H,35,37)/t17-/m1/s1. The monoisotopic (exact) mass is 581 g/mol.